The number of nitrogens with two attached hydrogens (primary N) is 1. The maximum atomic E-state index is 5.30. The monoisotopic (exact) mass is 248 g/mol. The van der Waals surface area contributed by atoms with Crippen LogP contribution in [0.1, 0.15) is 25.7 Å². The van der Waals surface area contributed by atoms with E-state index < -0.39 is 0 Å². The fourth-order valence-corrected chi connectivity index (χ4v) is 2.69. The number of hydrogen-bond donors (Lipinski definition) is 2. The first-order valence-electron chi connectivity index (χ1n) is 6.96. The van der Waals surface area contributed by atoms with Crippen LogP contribution in [0.25, 0.3) is 0 Å². The molecule has 18 heavy (non-hydrogen) atoms. The van der Waals surface area contributed by atoms with Gasteiger partial charge in [0, 0.05) is 44.6 Å². The number of aromatic nitrogens is 1. The van der Waals surface area contributed by atoms with Gasteiger partial charge in [-0.2, -0.15) is 0 Å². The third-order valence-electron chi connectivity index (χ3n) is 3.68. The minimum absolute atomic E-state index is 0.711. The molecule has 0 atom stereocenters. The van der Waals surface area contributed by atoms with Crippen molar-refractivity contribution in [2.75, 3.05) is 31.9 Å². The molecule has 1 aromatic rings. The van der Waals surface area contributed by atoms with Crippen LogP contribution in [0.4, 0.5) is 5.69 Å². The Labute approximate surface area is 110 Å². The fourth-order valence-electron chi connectivity index (χ4n) is 2.69. The first-order valence-corrected chi connectivity index (χ1v) is 6.96. The molecule has 4 heteroatoms. The molecule has 100 valence electrons. The quantitative estimate of drug-likeness (QED) is 0.791. The smallest absolute Gasteiger partial charge is 0.0500 e. The first kappa shape index (κ1) is 13.3. The lowest BCUT2D eigenvalue weighted by molar-refractivity contribution is 0.175. The molecule has 0 aromatic carbocycles. The van der Waals surface area contributed by atoms with Gasteiger partial charge in [0.2, 0.25) is 0 Å². The lowest BCUT2D eigenvalue weighted by Gasteiger charge is -2.32. The van der Waals surface area contributed by atoms with E-state index in [0.717, 1.165) is 6.04 Å². The zero-order chi connectivity index (χ0) is 12.6. The van der Waals surface area contributed by atoms with Gasteiger partial charge in [0.1, 0.15) is 0 Å². The number of rotatable bonds is 1. The highest BCUT2D eigenvalue weighted by Gasteiger charge is 2.22. The molecule has 2 fully saturated rings. The lowest BCUT2D eigenvalue weighted by Crippen LogP contribution is -2.47. The minimum atomic E-state index is 0.711. The van der Waals surface area contributed by atoms with E-state index in [-0.39, 0.29) is 0 Å². The maximum absolute atomic E-state index is 5.30. The predicted molar refractivity (Wildman–Crippen MR) is 75.3 cm³/mol. The van der Waals surface area contributed by atoms with E-state index in [9.17, 15) is 0 Å². The Kier molecular flexibility index (Phi) is 5.42. The highest BCUT2D eigenvalue weighted by molar-refractivity contribution is 5.32. The second-order valence-electron chi connectivity index (χ2n) is 5.01. The molecule has 0 unspecified atom stereocenters. The van der Waals surface area contributed by atoms with Crippen LogP contribution >= 0.6 is 0 Å². The van der Waals surface area contributed by atoms with Crippen molar-refractivity contribution in [1.82, 2.24) is 15.2 Å². The average molecular weight is 248 g/mol. The molecule has 3 N–H and O–H groups in total. The van der Waals surface area contributed by atoms with Crippen molar-refractivity contribution in [2.45, 2.75) is 31.7 Å². The van der Waals surface area contributed by atoms with Crippen molar-refractivity contribution in [2.24, 2.45) is 0 Å². The first-order chi connectivity index (χ1) is 8.86. The Morgan fingerprint density at radius 3 is 2.44 bits per heavy atom. The Morgan fingerprint density at radius 1 is 1.22 bits per heavy atom. The second-order valence-corrected chi connectivity index (χ2v) is 5.01. The summed E-state index contributed by atoms with van der Waals surface area (Å²) in [5.41, 5.74) is 6.01. The van der Waals surface area contributed by atoms with Gasteiger partial charge < -0.3 is 11.1 Å². The average Bonchev–Trinajstić information content (AvgIpc) is 2.95. The van der Waals surface area contributed by atoms with Crippen LogP contribution in [0.2, 0.25) is 0 Å². The lowest BCUT2D eigenvalue weighted by atomic mass is 10.2. The molecule has 2 aliphatic rings. The number of nitrogens with zero attached hydrogens (tertiary/aromatic N) is 2. The summed E-state index contributed by atoms with van der Waals surface area (Å²) in [4.78, 5) is 6.43. The van der Waals surface area contributed by atoms with Crippen LogP contribution in [-0.2, 0) is 0 Å². The molecule has 1 aliphatic carbocycles. The summed E-state index contributed by atoms with van der Waals surface area (Å²) in [5.74, 6) is 0. The summed E-state index contributed by atoms with van der Waals surface area (Å²) < 4.78 is 0. The van der Waals surface area contributed by atoms with E-state index in [4.69, 9.17) is 5.73 Å². The Bertz CT molecular complexity index is 316. The molecule has 3 rings (SSSR count). The van der Waals surface area contributed by atoms with Gasteiger partial charge in [-0.1, -0.05) is 12.8 Å². The highest BCUT2D eigenvalue weighted by Crippen LogP contribution is 2.23. The number of nitrogen functional groups attached to an aromatic ring is 1. The van der Waals surface area contributed by atoms with E-state index in [1.807, 2.05) is 0 Å². The van der Waals surface area contributed by atoms with Crippen LogP contribution in [0.15, 0.2) is 24.5 Å². The number of pyridine rings is 1. The van der Waals surface area contributed by atoms with Crippen molar-refractivity contribution in [3.63, 3.8) is 0 Å². The Balaban J connectivity index is 0.000000149. The van der Waals surface area contributed by atoms with Gasteiger partial charge >= 0.3 is 0 Å². The van der Waals surface area contributed by atoms with Crippen LogP contribution in [0, 0.1) is 0 Å². The Hall–Kier alpha value is -1.13. The maximum Gasteiger partial charge on any atom is 0.0500 e. The summed E-state index contributed by atoms with van der Waals surface area (Å²) in [6.07, 6.45) is 9.15. The largest absolute Gasteiger partial charge is 0.397 e. The molecular weight excluding hydrogens is 224 g/mol. The molecule has 0 amide bonds. The zero-order valence-electron chi connectivity index (χ0n) is 11.0. The van der Waals surface area contributed by atoms with Gasteiger partial charge in [-0.15, -0.1) is 0 Å². The zero-order valence-corrected chi connectivity index (χ0v) is 11.0. The predicted octanol–water partition coefficient (Wildman–Crippen LogP) is 1.50. The molecule has 0 spiro atoms. The van der Waals surface area contributed by atoms with E-state index >= 15 is 0 Å². The van der Waals surface area contributed by atoms with Crippen molar-refractivity contribution >= 4 is 5.69 Å². The number of anilines is 1. The topological polar surface area (TPSA) is 54.2 Å². The van der Waals surface area contributed by atoms with Crippen molar-refractivity contribution in [3.8, 4) is 0 Å². The van der Waals surface area contributed by atoms with Crippen LogP contribution in [-0.4, -0.2) is 42.1 Å². The van der Waals surface area contributed by atoms with Gasteiger partial charge in [-0.05, 0) is 25.0 Å². The molecule has 1 saturated heterocycles. The molecule has 2 heterocycles. The fraction of sp³-hybridized carbons (Fsp3) is 0.643. The van der Waals surface area contributed by atoms with E-state index in [1.165, 1.54) is 51.9 Å². The van der Waals surface area contributed by atoms with Gasteiger partial charge in [-0.25, -0.2) is 0 Å². The van der Waals surface area contributed by atoms with Gasteiger partial charge in [0.15, 0.2) is 0 Å². The van der Waals surface area contributed by atoms with Gasteiger partial charge in [0.05, 0.1) is 5.69 Å². The van der Waals surface area contributed by atoms with Gasteiger partial charge in [0.25, 0.3) is 0 Å². The summed E-state index contributed by atoms with van der Waals surface area (Å²) in [7, 11) is 0. The molecule has 1 aliphatic heterocycles. The summed E-state index contributed by atoms with van der Waals surface area (Å²) in [6.45, 7) is 4.97. The molecular formula is C14H24N4. The van der Waals surface area contributed by atoms with Crippen LogP contribution < -0.4 is 11.1 Å². The highest BCUT2D eigenvalue weighted by atomic mass is 15.2. The van der Waals surface area contributed by atoms with Crippen LogP contribution in [0.3, 0.4) is 0 Å². The molecule has 4 nitrogen and oxygen atoms in total. The van der Waals surface area contributed by atoms with E-state index in [0.29, 0.717) is 5.69 Å². The summed E-state index contributed by atoms with van der Waals surface area (Å²) in [5, 5.41) is 3.40. The van der Waals surface area contributed by atoms with Crippen molar-refractivity contribution in [3.05, 3.63) is 24.5 Å². The van der Waals surface area contributed by atoms with Gasteiger partial charge in [-0.3, -0.25) is 9.88 Å². The summed E-state index contributed by atoms with van der Waals surface area (Å²) in [6, 6.07) is 4.54. The number of piperazine rings is 1. The summed E-state index contributed by atoms with van der Waals surface area (Å²) >= 11 is 0. The number of nitrogens with one attached hydrogen (secondary N) is 1. The number of hydrogen-bond acceptors (Lipinski definition) is 4. The molecule has 0 radical (unpaired) electrons. The van der Waals surface area contributed by atoms with Crippen LogP contribution in [0.5, 0.6) is 0 Å². The third kappa shape index (κ3) is 4.27. The van der Waals surface area contributed by atoms with E-state index in [2.05, 4.69) is 15.2 Å². The minimum Gasteiger partial charge on any atom is -0.397 e. The second kappa shape index (κ2) is 7.34. The molecule has 1 aromatic heterocycles. The standard InChI is InChI=1S/C9H18N2.C5H6N2/c1-2-4-9(3-1)11-7-5-10-6-8-11;6-5-2-1-3-7-4-5/h9-10H,1-8H2;1-4H,6H2. The molecule has 0 bridgehead atoms. The third-order valence-corrected chi connectivity index (χ3v) is 3.68. The Morgan fingerprint density at radius 2 is 1.94 bits per heavy atom. The normalized spacial score (nSPS) is 21.3. The van der Waals surface area contributed by atoms with Crippen molar-refractivity contribution < 1.29 is 0 Å². The molecule has 1 saturated carbocycles. The van der Waals surface area contributed by atoms with Crippen molar-refractivity contribution in [1.29, 1.82) is 0 Å². The van der Waals surface area contributed by atoms with E-state index in [1.54, 1.807) is 24.5 Å². The SMILES string of the molecule is C1CCC(N2CCNCC2)C1.Nc1cccnc1.